The van der Waals surface area contributed by atoms with Crippen molar-refractivity contribution in [3.8, 4) is 0 Å². The van der Waals surface area contributed by atoms with E-state index in [0.29, 0.717) is 39.9 Å². The number of aryl methyl sites for hydroxylation is 2. The van der Waals surface area contributed by atoms with Gasteiger partial charge in [-0.05, 0) is 39.3 Å². The van der Waals surface area contributed by atoms with E-state index in [4.69, 9.17) is 21.3 Å². The number of aliphatic hydroxyl groups excluding tert-OH is 1. The van der Waals surface area contributed by atoms with Gasteiger partial charge in [-0.1, -0.05) is 35.1 Å². The lowest BCUT2D eigenvalue weighted by molar-refractivity contribution is 0.188. The third-order valence-corrected chi connectivity index (χ3v) is 6.84. The molecular weight excluding hydrogens is 498 g/mol. The number of benzene rings is 1. The zero-order valence-corrected chi connectivity index (χ0v) is 22.6. The third-order valence-electron chi connectivity index (χ3n) is 5.64. The van der Waals surface area contributed by atoms with Crippen molar-refractivity contribution in [3.05, 3.63) is 51.7 Å². The monoisotopic (exact) mass is 529 g/mol. The number of aromatic nitrogens is 3. The minimum Gasteiger partial charge on any atom is -0.474 e. The molecule has 0 bridgehead atoms. The first-order chi connectivity index (χ1) is 17.3. The average molecular weight is 530 g/mol. The first kappa shape index (κ1) is 26.3. The Morgan fingerprint density at radius 1 is 1.22 bits per heavy atom. The highest BCUT2D eigenvalue weighted by Crippen LogP contribution is 2.31. The van der Waals surface area contributed by atoms with E-state index in [9.17, 15) is 5.11 Å². The number of β-amino-alcohol motifs (C(OH)–C–C–N with tert-alkyl or cyclic N) is 1. The molecule has 4 rings (SSSR count). The summed E-state index contributed by atoms with van der Waals surface area (Å²) in [5.74, 6) is 2.72. The van der Waals surface area contributed by atoms with Gasteiger partial charge in [0.05, 0.1) is 29.6 Å². The van der Waals surface area contributed by atoms with Gasteiger partial charge in [-0.25, -0.2) is 19.9 Å². The molecule has 2 aromatic heterocycles. The Balaban J connectivity index is 1.53. The van der Waals surface area contributed by atoms with E-state index in [1.165, 1.54) is 11.3 Å². The second kappa shape index (κ2) is 12.0. The molecule has 1 fully saturated rings. The number of nitrogens with zero attached hydrogens (tertiary/aromatic N) is 6. The molecule has 0 atom stereocenters. The molecule has 1 aliphatic heterocycles. The highest BCUT2D eigenvalue weighted by molar-refractivity contribution is 7.17. The Morgan fingerprint density at radius 2 is 2.00 bits per heavy atom. The van der Waals surface area contributed by atoms with Crippen LogP contribution in [0.25, 0.3) is 0 Å². The summed E-state index contributed by atoms with van der Waals surface area (Å²) in [5, 5.41) is 13.8. The van der Waals surface area contributed by atoms with Gasteiger partial charge in [0.2, 0.25) is 5.90 Å². The van der Waals surface area contributed by atoms with Crippen LogP contribution in [-0.4, -0.2) is 76.3 Å². The highest BCUT2D eigenvalue weighted by atomic mass is 35.5. The molecular formula is C25H32ClN7O2S. The van der Waals surface area contributed by atoms with Crippen molar-refractivity contribution in [2.45, 2.75) is 33.8 Å². The first-order valence-corrected chi connectivity index (χ1v) is 13.2. The quantitative estimate of drug-likeness (QED) is 0.323. The fourth-order valence-corrected chi connectivity index (χ4v) is 4.91. The van der Waals surface area contributed by atoms with E-state index in [2.05, 4.69) is 30.1 Å². The van der Waals surface area contributed by atoms with Gasteiger partial charge in [-0.15, -0.1) is 0 Å². The van der Waals surface area contributed by atoms with Crippen molar-refractivity contribution in [3.63, 3.8) is 0 Å². The molecule has 1 aromatic carbocycles. The summed E-state index contributed by atoms with van der Waals surface area (Å²) < 4.78 is 6.04. The summed E-state index contributed by atoms with van der Waals surface area (Å²) in [4.78, 5) is 23.8. The van der Waals surface area contributed by atoms with Crippen LogP contribution in [0.4, 0.5) is 22.5 Å². The van der Waals surface area contributed by atoms with Crippen molar-refractivity contribution in [1.29, 1.82) is 0 Å². The summed E-state index contributed by atoms with van der Waals surface area (Å²) >= 11 is 7.84. The van der Waals surface area contributed by atoms with Crippen LogP contribution in [0.15, 0.2) is 35.5 Å². The van der Waals surface area contributed by atoms with Crippen molar-refractivity contribution in [1.82, 2.24) is 19.9 Å². The van der Waals surface area contributed by atoms with Gasteiger partial charge in [0.15, 0.2) is 5.13 Å². The van der Waals surface area contributed by atoms with Gasteiger partial charge in [0.1, 0.15) is 22.3 Å². The molecule has 3 aromatic rings. The lowest BCUT2D eigenvalue weighted by atomic mass is 10.2. The minimum absolute atomic E-state index is 0.0602. The number of aliphatic imine (C=N–C) groups is 1. The predicted molar refractivity (Wildman–Crippen MR) is 147 cm³/mol. The average Bonchev–Trinajstić information content (AvgIpc) is 3.29. The summed E-state index contributed by atoms with van der Waals surface area (Å²) in [6.07, 6.45) is 1.69. The number of halogens is 1. The molecule has 1 saturated heterocycles. The Kier molecular flexibility index (Phi) is 8.73. The van der Waals surface area contributed by atoms with Gasteiger partial charge in [0.25, 0.3) is 0 Å². The number of piperazine rings is 1. The molecule has 0 unspecified atom stereocenters. The van der Waals surface area contributed by atoms with Crippen molar-refractivity contribution < 1.29 is 9.84 Å². The van der Waals surface area contributed by atoms with E-state index >= 15 is 0 Å². The van der Waals surface area contributed by atoms with Crippen LogP contribution in [-0.2, 0) is 4.74 Å². The number of thiazole rings is 1. The molecule has 36 heavy (non-hydrogen) atoms. The second-order valence-corrected chi connectivity index (χ2v) is 10.3. The fourth-order valence-electron chi connectivity index (χ4n) is 3.89. The number of ether oxygens (including phenoxy) is 1. The van der Waals surface area contributed by atoms with Crippen LogP contribution < -0.4 is 10.2 Å². The molecule has 11 heteroatoms. The van der Waals surface area contributed by atoms with Gasteiger partial charge >= 0.3 is 0 Å². The SMILES string of the molecule is Cc1nc(Nc2ncc(C(=Nc3c(C)cccc3Cl)OC(C)C)s2)cc(N2CCN(CCO)CC2)n1. The molecule has 0 radical (unpaired) electrons. The maximum absolute atomic E-state index is 9.18. The molecule has 0 spiro atoms. The number of anilines is 3. The van der Waals surface area contributed by atoms with Crippen LogP contribution in [0.1, 0.15) is 30.1 Å². The molecule has 1 aliphatic rings. The van der Waals surface area contributed by atoms with E-state index in [1.54, 1.807) is 6.20 Å². The van der Waals surface area contributed by atoms with Gasteiger partial charge < -0.3 is 20.1 Å². The van der Waals surface area contributed by atoms with Gasteiger partial charge in [0, 0.05) is 38.8 Å². The molecule has 9 nitrogen and oxygen atoms in total. The second-order valence-electron chi connectivity index (χ2n) is 8.85. The molecule has 0 saturated carbocycles. The summed E-state index contributed by atoms with van der Waals surface area (Å²) in [5.41, 5.74) is 1.66. The van der Waals surface area contributed by atoms with E-state index < -0.39 is 0 Å². The number of para-hydroxylation sites is 1. The number of aliphatic hydroxyl groups is 1. The van der Waals surface area contributed by atoms with Gasteiger partial charge in [-0.2, -0.15) is 0 Å². The Hall–Kier alpha value is -2.79. The molecule has 2 N–H and O–H groups in total. The summed E-state index contributed by atoms with van der Waals surface area (Å²) in [7, 11) is 0. The standard InChI is InChI=1S/C25H32ClN7O2S/c1-16(2)35-24(31-23-17(3)6-5-7-19(23)26)20-15-27-25(36-20)30-21-14-22(29-18(4)28-21)33-10-8-32(9-11-33)12-13-34/h5-7,14-16,34H,8-13H2,1-4H3,(H,27,28,29,30). The van der Waals surface area contributed by atoms with Crippen molar-refractivity contribution >= 4 is 51.3 Å². The number of hydrogen-bond acceptors (Lipinski definition) is 10. The van der Waals surface area contributed by atoms with E-state index in [0.717, 1.165) is 42.4 Å². The zero-order chi connectivity index (χ0) is 25.7. The van der Waals surface area contributed by atoms with Crippen molar-refractivity contribution in [2.24, 2.45) is 4.99 Å². The molecule has 0 aliphatic carbocycles. The largest absolute Gasteiger partial charge is 0.474 e. The summed E-state index contributed by atoms with van der Waals surface area (Å²) in [6, 6.07) is 7.64. The summed E-state index contributed by atoms with van der Waals surface area (Å²) in [6.45, 7) is 12.2. The van der Waals surface area contributed by atoms with Crippen LogP contribution in [0, 0.1) is 13.8 Å². The van der Waals surface area contributed by atoms with Crippen LogP contribution in [0.5, 0.6) is 0 Å². The lowest BCUT2D eigenvalue weighted by Crippen LogP contribution is -2.47. The number of rotatable bonds is 8. The van der Waals surface area contributed by atoms with E-state index in [-0.39, 0.29) is 12.7 Å². The third kappa shape index (κ3) is 6.70. The molecule has 0 amide bonds. The smallest absolute Gasteiger partial charge is 0.233 e. The minimum atomic E-state index is -0.0602. The topological polar surface area (TPSA) is 99.0 Å². The predicted octanol–water partition coefficient (Wildman–Crippen LogP) is 4.56. The van der Waals surface area contributed by atoms with E-state index in [1.807, 2.05) is 52.0 Å². The number of hydrogen-bond donors (Lipinski definition) is 2. The Labute approximate surface area is 220 Å². The normalized spacial score (nSPS) is 15.0. The van der Waals surface area contributed by atoms with Gasteiger partial charge in [-0.3, -0.25) is 4.90 Å². The number of nitrogens with one attached hydrogen (secondary N) is 1. The Morgan fingerprint density at radius 3 is 2.69 bits per heavy atom. The fraction of sp³-hybridized carbons (Fsp3) is 0.440. The maximum atomic E-state index is 9.18. The molecule has 3 heterocycles. The Bertz CT molecular complexity index is 1190. The highest BCUT2D eigenvalue weighted by Gasteiger charge is 2.19. The van der Waals surface area contributed by atoms with Crippen LogP contribution in [0.2, 0.25) is 5.02 Å². The van der Waals surface area contributed by atoms with Crippen LogP contribution in [0.3, 0.4) is 0 Å². The molecule has 192 valence electrons. The van der Waals surface area contributed by atoms with Crippen molar-refractivity contribution in [2.75, 3.05) is 49.5 Å². The first-order valence-electron chi connectivity index (χ1n) is 12.0. The lowest BCUT2D eigenvalue weighted by Gasteiger charge is -2.35. The zero-order valence-electron chi connectivity index (χ0n) is 21.0. The van der Waals surface area contributed by atoms with Crippen LogP contribution >= 0.6 is 22.9 Å². The maximum Gasteiger partial charge on any atom is 0.233 e.